The Morgan fingerprint density at radius 2 is 1.95 bits per heavy atom. The third-order valence-electron chi connectivity index (χ3n) is 2.24. The molecular formula is C11H16F2N2O3S. The van der Waals surface area contributed by atoms with Crippen molar-refractivity contribution in [3.63, 3.8) is 0 Å². The van der Waals surface area contributed by atoms with Gasteiger partial charge in [-0.25, -0.2) is 8.42 Å². The molecule has 0 fully saturated rings. The minimum Gasteiger partial charge on any atom is -0.433 e. The first-order chi connectivity index (χ1) is 8.94. The topological polar surface area (TPSA) is 81.4 Å². The van der Waals surface area contributed by atoms with Gasteiger partial charge in [-0.2, -0.15) is 8.78 Å². The molecule has 0 spiro atoms. The van der Waals surface area contributed by atoms with Crippen molar-refractivity contribution in [1.29, 1.82) is 0 Å². The first-order valence-electron chi connectivity index (χ1n) is 5.69. The van der Waals surface area contributed by atoms with Crippen LogP contribution < -0.4 is 15.2 Å². The van der Waals surface area contributed by atoms with Crippen LogP contribution in [-0.2, 0) is 10.0 Å². The number of para-hydroxylation sites is 2. The van der Waals surface area contributed by atoms with Gasteiger partial charge in [0.15, 0.2) is 0 Å². The van der Waals surface area contributed by atoms with Gasteiger partial charge in [0.05, 0.1) is 11.4 Å². The van der Waals surface area contributed by atoms with Gasteiger partial charge in [-0.3, -0.25) is 4.72 Å². The average molecular weight is 294 g/mol. The summed E-state index contributed by atoms with van der Waals surface area (Å²) in [5.41, 5.74) is 5.27. The molecule has 5 nitrogen and oxygen atoms in total. The Hall–Kier alpha value is -1.41. The number of hydrogen-bond acceptors (Lipinski definition) is 4. The smallest absolute Gasteiger partial charge is 0.387 e. The summed E-state index contributed by atoms with van der Waals surface area (Å²) in [5, 5.41) is 0. The number of nitrogens with one attached hydrogen (secondary N) is 1. The number of halogens is 2. The number of hydrogen-bond donors (Lipinski definition) is 2. The van der Waals surface area contributed by atoms with E-state index in [0.717, 1.165) is 0 Å². The highest BCUT2D eigenvalue weighted by Crippen LogP contribution is 2.26. The van der Waals surface area contributed by atoms with Crippen LogP contribution in [0.2, 0.25) is 0 Å². The molecular weight excluding hydrogens is 278 g/mol. The second kappa shape index (κ2) is 7.25. The van der Waals surface area contributed by atoms with Gasteiger partial charge in [-0.15, -0.1) is 0 Å². The van der Waals surface area contributed by atoms with E-state index >= 15 is 0 Å². The lowest BCUT2D eigenvalue weighted by Crippen LogP contribution is -2.18. The summed E-state index contributed by atoms with van der Waals surface area (Å²) in [7, 11) is -3.60. The van der Waals surface area contributed by atoms with Crippen molar-refractivity contribution in [3.05, 3.63) is 24.3 Å². The van der Waals surface area contributed by atoms with Crippen LogP contribution in [0, 0.1) is 0 Å². The largest absolute Gasteiger partial charge is 0.433 e. The minimum absolute atomic E-state index is 0.00412. The Morgan fingerprint density at radius 3 is 2.58 bits per heavy atom. The molecule has 1 aromatic carbocycles. The lowest BCUT2D eigenvalue weighted by atomic mass is 10.3. The maximum atomic E-state index is 12.2. The van der Waals surface area contributed by atoms with Gasteiger partial charge in [0.25, 0.3) is 0 Å². The van der Waals surface area contributed by atoms with Crippen LogP contribution in [0.25, 0.3) is 0 Å². The number of alkyl halides is 2. The van der Waals surface area contributed by atoms with Crippen molar-refractivity contribution in [3.8, 4) is 5.75 Å². The summed E-state index contributed by atoms with van der Waals surface area (Å²) in [6.45, 7) is -2.61. The maximum Gasteiger partial charge on any atom is 0.387 e. The van der Waals surface area contributed by atoms with Crippen molar-refractivity contribution in [2.24, 2.45) is 5.73 Å². The highest BCUT2D eigenvalue weighted by molar-refractivity contribution is 7.92. The van der Waals surface area contributed by atoms with E-state index in [-0.39, 0.29) is 17.2 Å². The van der Waals surface area contributed by atoms with Crippen LogP contribution in [0.3, 0.4) is 0 Å². The van der Waals surface area contributed by atoms with Gasteiger partial charge in [0, 0.05) is 0 Å². The normalized spacial score (nSPS) is 11.6. The average Bonchev–Trinajstić information content (AvgIpc) is 2.31. The lowest BCUT2D eigenvalue weighted by Gasteiger charge is -2.12. The van der Waals surface area contributed by atoms with E-state index in [1.54, 1.807) is 0 Å². The van der Waals surface area contributed by atoms with Crippen molar-refractivity contribution in [2.75, 3.05) is 17.0 Å². The quantitative estimate of drug-likeness (QED) is 0.716. The fourth-order valence-corrected chi connectivity index (χ4v) is 2.59. The number of anilines is 1. The molecule has 1 aromatic rings. The molecule has 1 rings (SSSR count). The van der Waals surface area contributed by atoms with E-state index in [1.807, 2.05) is 0 Å². The summed E-state index contributed by atoms with van der Waals surface area (Å²) in [5.74, 6) is -0.326. The zero-order valence-corrected chi connectivity index (χ0v) is 11.0. The van der Waals surface area contributed by atoms with Gasteiger partial charge in [-0.05, 0) is 31.5 Å². The number of sulfonamides is 1. The van der Waals surface area contributed by atoms with Crippen LogP contribution in [0.5, 0.6) is 5.75 Å². The monoisotopic (exact) mass is 294 g/mol. The summed E-state index contributed by atoms with van der Waals surface area (Å²) in [6.07, 6.45) is 0.986. The summed E-state index contributed by atoms with van der Waals surface area (Å²) >= 11 is 0. The number of nitrogens with two attached hydrogens (primary N) is 1. The number of ether oxygens (including phenoxy) is 1. The summed E-state index contributed by atoms with van der Waals surface area (Å²) in [6, 6.07) is 5.63. The van der Waals surface area contributed by atoms with Crippen LogP contribution in [0.1, 0.15) is 12.8 Å². The molecule has 0 aromatic heterocycles. The van der Waals surface area contributed by atoms with E-state index in [2.05, 4.69) is 9.46 Å². The first-order valence-corrected chi connectivity index (χ1v) is 7.34. The predicted octanol–water partition coefficient (Wildman–Crippen LogP) is 1.77. The SMILES string of the molecule is NCCCCS(=O)(=O)Nc1ccccc1OC(F)F. The molecule has 0 aliphatic carbocycles. The molecule has 0 heterocycles. The molecule has 19 heavy (non-hydrogen) atoms. The highest BCUT2D eigenvalue weighted by atomic mass is 32.2. The molecule has 0 aliphatic rings. The number of benzene rings is 1. The Kier molecular flexibility index (Phi) is 5.97. The third kappa shape index (κ3) is 5.84. The van der Waals surface area contributed by atoms with Crippen LogP contribution in [0.4, 0.5) is 14.5 Å². The van der Waals surface area contributed by atoms with E-state index in [9.17, 15) is 17.2 Å². The van der Waals surface area contributed by atoms with Crippen LogP contribution >= 0.6 is 0 Å². The predicted molar refractivity (Wildman–Crippen MR) is 68.8 cm³/mol. The highest BCUT2D eigenvalue weighted by Gasteiger charge is 2.15. The zero-order valence-electron chi connectivity index (χ0n) is 10.2. The van der Waals surface area contributed by atoms with Gasteiger partial charge in [-0.1, -0.05) is 12.1 Å². The summed E-state index contributed by atoms with van der Waals surface area (Å²) in [4.78, 5) is 0. The second-order valence-corrected chi connectivity index (χ2v) is 5.63. The number of rotatable bonds is 8. The van der Waals surface area contributed by atoms with Gasteiger partial charge >= 0.3 is 6.61 Å². The van der Waals surface area contributed by atoms with E-state index < -0.39 is 16.6 Å². The molecule has 0 unspecified atom stereocenters. The lowest BCUT2D eigenvalue weighted by molar-refractivity contribution is -0.0493. The Balaban J connectivity index is 2.75. The molecule has 0 bridgehead atoms. The van der Waals surface area contributed by atoms with E-state index in [1.165, 1.54) is 24.3 Å². The molecule has 0 saturated heterocycles. The Labute approximate surface area is 110 Å². The van der Waals surface area contributed by atoms with Crippen molar-refractivity contribution >= 4 is 15.7 Å². The second-order valence-electron chi connectivity index (χ2n) is 3.79. The Bertz CT molecular complexity index is 494. The zero-order chi connectivity index (χ0) is 14.3. The van der Waals surface area contributed by atoms with Crippen LogP contribution in [-0.4, -0.2) is 27.3 Å². The third-order valence-corrected chi connectivity index (χ3v) is 3.59. The van der Waals surface area contributed by atoms with Crippen molar-refractivity contribution < 1.29 is 21.9 Å². The van der Waals surface area contributed by atoms with E-state index in [4.69, 9.17) is 5.73 Å². The molecule has 0 radical (unpaired) electrons. The van der Waals surface area contributed by atoms with E-state index in [0.29, 0.717) is 19.4 Å². The molecule has 0 aliphatic heterocycles. The fraction of sp³-hybridized carbons (Fsp3) is 0.455. The van der Waals surface area contributed by atoms with Crippen LogP contribution in [0.15, 0.2) is 24.3 Å². The number of unbranched alkanes of at least 4 members (excludes halogenated alkanes) is 1. The molecule has 0 atom stereocenters. The molecule has 8 heteroatoms. The first kappa shape index (κ1) is 15.6. The fourth-order valence-electron chi connectivity index (χ4n) is 1.40. The molecule has 108 valence electrons. The molecule has 0 saturated carbocycles. The standard InChI is InChI=1S/C11H16F2N2O3S/c12-11(13)18-10-6-2-1-5-9(10)15-19(16,17)8-4-3-7-14/h1-2,5-6,11,15H,3-4,7-8,14H2. The van der Waals surface area contributed by atoms with Crippen molar-refractivity contribution in [2.45, 2.75) is 19.5 Å². The van der Waals surface area contributed by atoms with Crippen molar-refractivity contribution in [1.82, 2.24) is 0 Å². The maximum absolute atomic E-state index is 12.2. The minimum atomic E-state index is -3.60. The van der Waals surface area contributed by atoms with Gasteiger partial charge < -0.3 is 10.5 Å². The molecule has 0 amide bonds. The summed E-state index contributed by atoms with van der Waals surface area (Å²) < 4.78 is 54.2. The van der Waals surface area contributed by atoms with Gasteiger partial charge in [0.1, 0.15) is 5.75 Å². The Morgan fingerprint density at radius 1 is 1.26 bits per heavy atom. The van der Waals surface area contributed by atoms with Gasteiger partial charge in [0.2, 0.25) is 10.0 Å². The molecule has 3 N–H and O–H groups in total.